The van der Waals surface area contributed by atoms with E-state index in [0.29, 0.717) is 11.5 Å². The highest BCUT2D eigenvalue weighted by Crippen LogP contribution is 2.19. The summed E-state index contributed by atoms with van der Waals surface area (Å²) >= 11 is 1.33. The number of thioether (sulfide) groups is 1. The minimum absolute atomic E-state index is 0.0809. The van der Waals surface area contributed by atoms with Gasteiger partial charge in [-0.2, -0.15) is 0 Å². The Labute approximate surface area is 161 Å². The predicted molar refractivity (Wildman–Crippen MR) is 99.9 cm³/mol. The van der Waals surface area contributed by atoms with Crippen LogP contribution in [0.1, 0.15) is 22.6 Å². The second-order valence-corrected chi connectivity index (χ2v) is 6.66. The van der Waals surface area contributed by atoms with Crippen LogP contribution in [0.25, 0.3) is 0 Å². The van der Waals surface area contributed by atoms with Crippen molar-refractivity contribution in [3.8, 4) is 0 Å². The van der Waals surface area contributed by atoms with Crippen molar-refractivity contribution < 1.29 is 23.6 Å². The van der Waals surface area contributed by atoms with Crippen molar-refractivity contribution >= 4 is 29.7 Å². The molecule has 27 heavy (non-hydrogen) atoms. The van der Waals surface area contributed by atoms with Crippen LogP contribution in [0.15, 0.2) is 34.9 Å². The van der Waals surface area contributed by atoms with E-state index in [0.717, 1.165) is 16.8 Å². The van der Waals surface area contributed by atoms with Crippen LogP contribution in [-0.2, 0) is 26.6 Å². The molecule has 1 heterocycles. The van der Waals surface area contributed by atoms with Gasteiger partial charge >= 0.3 is 12.0 Å². The number of esters is 1. The molecule has 0 bridgehead atoms. The highest BCUT2D eigenvalue weighted by molar-refractivity contribution is 7.99. The number of aromatic nitrogens is 1. The Bertz CT molecular complexity index is 772. The maximum Gasteiger partial charge on any atom is 0.321 e. The van der Waals surface area contributed by atoms with E-state index in [1.54, 1.807) is 6.92 Å². The van der Waals surface area contributed by atoms with E-state index in [9.17, 15) is 14.4 Å². The zero-order valence-corrected chi connectivity index (χ0v) is 15.9. The Morgan fingerprint density at radius 1 is 1.19 bits per heavy atom. The predicted octanol–water partition coefficient (Wildman–Crippen LogP) is 2.09. The Morgan fingerprint density at radius 3 is 2.59 bits per heavy atom. The fourth-order valence-corrected chi connectivity index (χ4v) is 3.09. The van der Waals surface area contributed by atoms with Gasteiger partial charge in [0.05, 0.1) is 11.4 Å². The van der Waals surface area contributed by atoms with Gasteiger partial charge in [0.25, 0.3) is 5.91 Å². The first kappa shape index (κ1) is 20.5. The number of carbonyl (C=O) groups is 3. The maximum atomic E-state index is 11.7. The second kappa shape index (κ2) is 10.4. The minimum Gasteiger partial charge on any atom is -0.455 e. The molecule has 0 fully saturated rings. The van der Waals surface area contributed by atoms with Crippen molar-refractivity contribution in [3.63, 3.8) is 0 Å². The highest BCUT2D eigenvalue weighted by atomic mass is 32.2. The van der Waals surface area contributed by atoms with E-state index in [-0.39, 0.29) is 12.3 Å². The molecule has 3 amide bonds. The normalized spacial score (nSPS) is 10.3. The van der Waals surface area contributed by atoms with Gasteiger partial charge in [-0.1, -0.05) is 35.5 Å². The molecule has 0 atom stereocenters. The number of carbonyl (C=O) groups excluding carboxylic acids is 3. The van der Waals surface area contributed by atoms with Gasteiger partial charge < -0.3 is 14.6 Å². The van der Waals surface area contributed by atoms with Crippen molar-refractivity contribution in [3.05, 3.63) is 52.9 Å². The zero-order valence-electron chi connectivity index (χ0n) is 15.1. The number of nitrogens with zero attached hydrogens (tertiary/aromatic N) is 1. The van der Waals surface area contributed by atoms with Crippen LogP contribution in [0, 0.1) is 13.8 Å². The van der Waals surface area contributed by atoms with E-state index in [4.69, 9.17) is 9.26 Å². The monoisotopic (exact) mass is 391 g/mol. The average Bonchev–Trinajstić information content (AvgIpc) is 2.97. The van der Waals surface area contributed by atoms with E-state index in [1.165, 1.54) is 11.8 Å². The van der Waals surface area contributed by atoms with Crippen LogP contribution >= 0.6 is 11.8 Å². The van der Waals surface area contributed by atoms with E-state index >= 15 is 0 Å². The van der Waals surface area contributed by atoms with Crippen LogP contribution < -0.4 is 10.6 Å². The molecule has 0 spiro atoms. The number of imide groups is 1. The molecular weight excluding hydrogens is 370 g/mol. The molecule has 8 nitrogen and oxygen atoms in total. The third kappa shape index (κ3) is 7.14. The van der Waals surface area contributed by atoms with E-state index in [1.807, 2.05) is 37.3 Å². The van der Waals surface area contributed by atoms with Crippen molar-refractivity contribution in [2.24, 2.45) is 0 Å². The molecular formula is C18H21N3O5S. The molecule has 0 saturated heterocycles. The maximum absolute atomic E-state index is 11.7. The molecule has 0 aliphatic rings. The molecule has 9 heteroatoms. The van der Waals surface area contributed by atoms with Crippen molar-refractivity contribution in [1.82, 2.24) is 15.8 Å². The number of nitrogens with one attached hydrogen (secondary N) is 2. The summed E-state index contributed by atoms with van der Waals surface area (Å²) < 4.78 is 9.90. The van der Waals surface area contributed by atoms with Crippen LogP contribution in [-0.4, -0.2) is 35.4 Å². The first-order valence-electron chi connectivity index (χ1n) is 8.22. The largest absolute Gasteiger partial charge is 0.455 e. The lowest BCUT2D eigenvalue weighted by Gasteiger charge is -2.07. The van der Waals surface area contributed by atoms with E-state index < -0.39 is 24.5 Å². The van der Waals surface area contributed by atoms with Gasteiger partial charge in [-0.25, -0.2) is 4.79 Å². The van der Waals surface area contributed by atoms with Gasteiger partial charge in [-0.05, 0) is 19.4 Å². The molecule has 0 radical (unpaired) electrons. The number of amides is 3. The Kier molecular flexibility index (Phi) is 7.87. The van der Waals surface area contributed by atoms with Gasteiger partial charge in [0, 0.05) is 17.9 Å². The van der Waals surface area contributed by atoms with Crippen molar-refractivity contribution in [1.29, 1.82) is 0 Å². The second-order valence-electron chi connectivity index (χ2n) is 5.67. The van der Waals surface area contributed by atoms with Gasteiger partial charge in [0.1, 0.15) is 5.76 Å². The molecule has 2 rings (SSSR count). The number of hydrogen-bond acceptors (Lipinski definition) is 7. The number of benzene rings is 1. The number of aryl methyl sites for hydroxylation is 2. The summed E-state index contributed by atoms with van der Waals surface area (Å²) in [6.45, 7) is 3.42. The number of hydrogen-bond donors (Lipinski definition) is 2. The summed E-state index contributed by atoms with van der Waals surface area (Å²) in [6.07, 6.45) is 0. The quantitative estimate of drug-likeness (QED) is 0.663. The van der Waals surface area contributed by atoms with Gasteiger partial charge in [-0.3, -0.25) is 14.9 Å². The Balaban J connectivity index is 1.60. The summed E-state index contributed by atoms with van der Waals surface area (Å²) in [4.78, 5) is 35.0. The molecule has 0 unspecified atom stereocenters. The highest BCUT2D eigenvalue weighted by Gasteiger charge is 2.13. The molecule has 144 valence electrons. The summed E-state index contributed by atoms with van der Waals surface area (Å²) in [6, 6.07) is 8.63. The zero-order chi connectivity index (χ0) is 19.6. The van der Waals surface area contributed by atoms with Gasteiger partial charge in [0.2, 0.25) is 0 Å². The molecule has 2 aromatic rings. The van der Waals surface area contributed by atoms with Gasteiger partial charge in [0.15, 0.2) is 6.61 Å². The van der Waals surface area contributed by atoms with Crippen LogP contribution in [0.3, 0.4) is 0 Å². The average molecular weight is 391 g/mol. The van der Waals surface area contributed by atoms with Crippen LogP contribution in [0.2, 0.25) is 0 Å². The first-order chi connectivity index (χ1) is 13.0. The molecule has 2 N–H and O–H groups in total. The SMILES string of the molecule is Cc1noc(C)c1CSCC(=O)OCC(=O)NC(=O)NCc1ccccc1. The Hall–Kier alpha value is -2.81. The lowest BCUT2D eigenvalue weighted by molar-refractivity contribution is -0.145. The molecule has 1 aromatic heterocycles. The molecule has 0 saturated carbocycles. The molecule has 0 aliphatic heterocycles. The first-order valence-corrected chi connectivity index (χ1v) is 9.38. The molecule has 1 aromatic carbocycles. The van der Waals surface area contributed by atoms with Crippen LogP contribution in [0.4, 0.5) is 4.79 Å². The van der Waals surface area contributed by atoms with Crippen molar-refractivity contribution in [2.45, 2.75) is 26.1 Å². The topological polar surface area (TPSA) is 111 Å². The summed E-state index contributed by atoms with van der Waals surface area (Å²) in [5.41, 5.74) is 2.64. The fourth-order valence-electron chi connectivity index (χ4n) is 2.12. The summed E-state index contributed by atoms with van der Waals surface area (Å²) in [5, 5.41) is 8.49. The smallest absolute Gasteiger partial charge is 0.321 e. The van der Waals surface area contributed by atoms with Crippen molar-refractivity contribution in [2.75, 3.05) is 12.4 Å². The summed E-state index contributed by atoms with van der Waals surface area (Å²) in [5.74, 6) is 0.132. The van der Waals surface area contributed by atoms with Gasteiger partial charge in [-0.15, -0.1) is 11.8 Å². The third-order valence-electron chi connectivity index (χ3n) is 3.56. The van der Waals surface area contributed by atoms with Crippen LogP contribution in [0.5, 0.6) is 0 Å². The number of rotatable bonds is 8. The molecule has 0 aliphatic carbocycles. The Morgan fingerprint density at radius 2 is 1.93 bits per heavy atom. The summed E-state index contributed by atoms with van der Waals surface area (Å²) in [7, 11) is 0. The standard InChI is InChI=1S/C18H21N3O5S/c1-12-15(13(2)26-21-12)10-27-11-17(23)25-9-16(22)20-18(24)19-8-14-6-4-3-5-7-14/h3-7H,8-11H2,1-2H3,(H2,19,20,22,24). The van der Waals surface area contributed by atoms with E-state index in [2.05, 4.69) is 15.8 Å². The number of urea groups is 1. The number of ether oxygens (including phenoxy) is 1. The minimum atomic E-state index is -0.690. The third-order valence-corrected chi connectivity index (χ3v) is 4.49. The lowest BCUT2D eigenvalue weighted by atomic mass is 10.2. The lowest BCUT2D eigenvalue weighted by Crippen LogP contribution is -2.41. The fraction of sp³-hybridized carbons (Fsp3) is 0.333.